The molecule has 3 heterocycles. The Morgan fingerprint density at radius 3 is 0.838 bits per heavy atom. The zero-order chi connectivity index (χ0) is 27.0. The van der Waals surface area contributed by atoms with Gasteiger partial charge in [-0.1, -0.05) is 100 Å². The molecule has 3 heteroatoms. The van der Waals surface area contributed by atoms with Gasteiger partial charge in [0.1, 0.15) is 0 Å². The van der Waals surface area contributed by atoms with Crippen molar-refractivity contribution in [2.45, 2.75) is 48.5 Å². The Hall–Kier alpha value is -4.11. The summed E-state index contributed by atoms with van der Waals surface area (Å²) >= 11 is 0. The van der Waals surface area contributed by atoms with Crippen LogP contribution in [0.3, 0.4) is 0 Å². The lowest BCUT2D eigenvalue weighted by atomic mass is 10.1. The zero-order valence-electron chi connectivity index (χ0n) is 23.2. The van der Waals surface area contributed by atoms with Gasteiger partial charge in [-0.05, 0) is 55.1 Å². The molecule has 0 unspecified atom stereocenters. The van der Waals surface area contributed by atoms with Crippen LogP contribution in [0.2, 0.25) is 0 Å². The molecule has 0 aliphatic carbocycles. The number of pyridine rings is 3. The van der Waals surface area contributed by atoms with E-state index in [2.05, 4.69) is 51.4 Å². The summed E-state index contributed by atoms with van der Waals surface area (Å²) in [5, 5.41) is 7.53. The van der Waals surface area contributed by atoms with E-state index in [-0.39, 0.29) is 0 Å². The van der Waals surface area contributed by atoms with Gasteiger partial charge < -0.3 is 0 Å². The molecule has 0 fully saturated rings. The average molecular weight is 490 g/mol. The Bertz CT molecular complexity index is 1310. The molecule has 0 N–H and O–H groups in total. The number of hydrogen-bond acceptors (Lipinski definition) is 3. The highest BCUT2D eigenvalue weighted by atomic mass is 14.7. The number of benzene rings is 3. The maximum absolute atomic E-state index is 4.21. The summed E-state index contributed by atoms with van der Waals surface area (Å²) in [6.45, 7) is 14.1. The van der Waals surface area contributed by atoms with Gasteiger partial charge in [-0.15, -0.1) is 0 Å². The van der Waals surface area contributed by atoms with Crippen molar-refractivity contribution >= 4 is 32.3 Å². The van der Waals surface area contributed by atoms with E-state index < -0.39 is 0 Å². The van der Waals surface area contributed by atoms with E-state index in [0.717, 1.165) is 17.1 Å². The van der Waals surface area contributed by atoms with E-state index in [1.165, 1.54) is 32.3 Å². The number of aromatic nitrogens is 3. The van der Waals surface area contributed by atoms with Crippen LogP contribution in [0, 0.1) is 20.8 Å². The molecular formula is C34H39N3. The normalized spacial score (nSPS) is 9.49. The smallest absolute Gasteiger partial charge is 0.0450 e. The molecule has 3 aromatic heterocycles. The highest BCUT2D eigenvalue weighted by molar-refractivity contribution is 5.85. The summed E-state index contributed by atoms with van der Waals surface area (Å²) in [7, 11) is 0. The van der Waals surface area contributed by atoms with Gasteiger partial charge in [0.2, 0.25) is 0 Å². The van der Waals surface area contributed by atoms with Crippen LogP contribution in [-0.2, 0) is 0 Å². The summed E-state index contributed by atoms with van der Waals surface area (Å²) in [4.78, 5) is 12.6. The maximum atomic E-state index is 4.21. The van der Waals surface area contributed by atoms with Crippen LogP contribution in [0.25, 0.3) is 32.3 Å². The second-order valence-corrected chi connectivity index (χ2v) is 7.85. The van der Waals surface area contributed by atoms with Gasteiger partial charge in [0.25, 0.3) is 0 Å². The molecule has 6 aromatic rings. The van der Waals surface area contributed by atoms with Crippen LogP contribution in [0.15, 0.2) is 110 Å². The predicted molar refractivity (Wildman–Crippen MR) is 162 cm³/mol. The quantitative estimate of drug-likeness (QED) is 0.213. The molecule has 0 atom stereocenters. The Morgan fingerprint density at radius 1 is 0.351 bits per heavy atom. The first-order chi connectivity index (χ1) is 18.1. The molecule has 6 rings (SSSR count). The number of rotatable bonds is 0. The molecule has 0 aliphatic heterocycles. The Balaban J connectivity index is 0.000000183. The van der Waals surface area contributed by atoms with Gasteiger partial charge in [0.15, 0.2) is 0 Å². The van der Waals surface area contributed by atoms with Crippen molar-refractivity contribution in [2.24, 2.45) is 0 Å². The molecule has 190 valence electrons. The van der Waals surface area contributed by atoms with Crippen molar-refractivity contribution in [2.75, 3.05) is 0 Å². The van der Waals surface area contributed by atoms with Crippen molar-refractivity contribution in [1.29, 1.82) is 0 Å². The van der Waals surface area contributed by atoms with Gasteiger partial charge >= 0.3 is 0 Å². The molecule has 0 saturated carbocycles. The molecule has 37 heavy (non-hydrogen) atoms. The van der Waals surface area contributed by atoms with Crippen LogP contribution in [-0.4, -0.2) is 15.0 Å². The van der Waals surface area contributed by atoms with Crippen LogP contribution in [0.4, 0.5) is 0 Å². The van der Waals surface area contributed by atoms with Gasteiger partial charge in [0, 0.05) is 51.8 Å². The van der Waals surface area contributed by atoms with Gasteiger partial charge in [-0.3, -0.25) is 15.0 Å². The lowest BCUT2D eigenvalue weighted by Gasteiger charge is -1.97. The Kier molecular flexibility index (Phi) is 12.4. The minimum atomic E-state index is 1.10. The second-order valence-electron chi connectivity index (χ2n) is 7.85. The van der Waals surface area contributed by atoms with E-state index in [9.17, 15) is 0 Å². The minimum absolute atomic E-state index is 1.10. The summed E-state index contributed by atoms with van der Waals surface area (Å²) in [6.07, 6.45) is 5.53. The molecular weight excluding hydrogens is 450 g/mol. The highest BCUT2D eigenvalue weighted by Crippen LogP contribution is 2.16. The van der Waals surface area contributed by atoms with Crippen LogP contribution < -0.4 is 0 Å². The standard InChI is InChI=1S/3C10H9N.2C2H6/c3*1-8-10-5-3-2-4-9(10)6-7-11-8;2*1-2/h3*2-7H,1H3;2*1-2H3. The van der Waals surface area contributed by atoms with Crippen molar-refractivity contribution in [3.8, 4) is 0 Å². The summed E-state index contributed by atoms with van der Waals surface area (Å²) in [6, 6.07) is 30.9. The molecule has 0 spiro atoms. The van der Waals surface area contributed by atoms with Crippen molar-refractivity contribution in [1.82, 2.24) is 15.0 Å². The predicted octanol–water partition coefficient (Wildman–Crippen LogP) is 9.68. The lowest BCUT2D eigenvalue weighted by Crippen LogP contribution is -1.80. The molecule has 0 bridgehead atoms. The largest absolute Gasteiger partial charge is 0.261 e. The minimum Gasteiger partial charge on any atom is -0.261 e. The number of aryl methyl sites for hydroxylation is 3. The maximum Gasteiger partial charge on any atom is 0.0450 e. The fourth-order valence-electron chi connectivity index (χ4n) is 3.81. The third kappa shape index (κ3) is 8.22. The Labute approximate surface area is 222 Å². The van der Waals surface area contributed by atoms with Crippen LogP contribution >= 0.6 is 0 Å². The van der Waals surface area contributed by atoms with E-state index in [1.54, 1.807) is 0 Å². The molecule has 0 amide bonds. The number of nitrogens with zero attached hydrogens (tertiary/aromatic N) is 3. The van der Waals surface area contributed by atoms with Crippen molar-refractivity contribution in [3.63, 3.8) is 0 Å². The molecule has 3 nitrogen and oxygen atoms in total. The first-order valence-corrected chi connectivity index (χ1v) is 13.0. The first-order valence-electron chi connectivity index (χ1n) is 13.0. The first kappa shape index (κ1) is 29.1. The third-order valence-electron chi connectivity index (χ3n) is 5.62. The fraction of sp³-hybridized carbons (Fsp3) is 0.206. The van der Waals surface area contributed by atoms with Crippen molar-refractivity contribution in [3.05, 3.63) is 127 Å². The second kappa shape index (κ2) is 15.8. The number of fused-ring (bicyclic) bond motifs is 3. The van der Waals surface area contributed by atoms with Crippen molar-refractivity contribution < 1.29 is 0 Å². The third-order valence-corrected chi connectivity index (χ3v) is 5.62. The van der Waals surface area contributed by atoms with Gasteiger partial charge in [0.05, 0.1) is 0 Å². The average Bonchev–Trinajstić information content (AvgIpc) is 2.97. The van der Waals surface area contributed by atoms with Gasteiger partial charge in [-0.2, -0.15) is 0 Å². The molecule has 3 aromatic carbocycles. The van der Waals surface area contributed by atoms with E-state index >= 15 is 0 Å². The SMILES string of the molecule is CC.CC.Cc1nccc2ccccc12.Cc1nccc2ccccc12.Cc1nccc2ccccc12. The summed E-state index contributed by atoms with van der Waals surface area (Å²) in [5.74, 6) is 0. The Morgan fingerprint density at radius 2 is 0.595 bits per heavy atom. The molecule has 0 radical (unpaired) electrons. The topological polar surface area (TPSA) is 38.7 Å². The highest BCUT2D eigenvalue weighted by Gasteiger charge is 1.95. The van der Waals surface area contributed by atoms with Crippen LogP contribution in [0.5, 0.6) is 0 Å². The summed E-state index contributed by atoms with van der Waals surface area (Å²) in [5.41, 5.74) is 3.30. The summed E-state index contributed by atoms with van der Waals surface area (Å²) < 4.78 is 0. The van der Waals surface area contributed by atoms with Crippen LogP contribution in [0.1, 0.15) is 44.8 Å². The fourth-order valence-corrected chi connectivity index (χ4v) is 3.81. The molecule has 0 saturated heterocycles. The van der Waals surface area contributed by atoms with E-state index in [0.29, 0.717) is 0 Å². The van der Waals surface area contributed by atoms with E-state index in [1.807, 2.05) is 122 Å². The lowest BCUT2D eigenvalue weighted by molar-refractivity contribution is 1.24. The number of hydrogen-bond donors (Lipinski definition) is 0. The van der Waals surface area contributed by atoms with Gasteiger partial charge in [-0.25, -0.2) is 0 Å². The monoisotopic (exact) mass is 489 g/mol. The zero-order valence-corrected chi connectivity index (χ0v) is 23.2. The van der Waals surface area contributed by atoms with E-state index in [4.69, 9.17) is 0 Å². The molecule has 0 aliphatic rings.